The third kappa shape index (κ3) is 3.98. The first-order chi connectivity index (χ1) is 13.0. The van der Waals surface area contributed by atoms with Crippen LogP contribution in [0.15, 0.2) is 24.4 Å². The molecule has 3 N–H and O–H groups in total. The van der Waals surface area contributed by atoms with E-state index in [4.69, 9.17) is 5.73 Å². The highest BCUT2D eigenvalue weighted by molar-refractivity contribution is 5.68. The molecule has 2 aromatic rings. The normalized spacial score (nSPS) is 18.0. The lowest BCUT2D eigenvalue weighted by molar-refractivity contribution is -0.143. The minimum Gasteiger partial charge on any atom is -0.394 e. The van der Waals surface area contributed by atoms with Gasteiger partial charge in [0.25, 0.3) is 0 Å². The van der Waals surface area contributed by atoms with Crippen LogP contribution < -0.4 is 10.6 Å². The van der Waals surface area contributed by atoms with Crippen molar-refractivity contribution in [2.24, 2.45) is 0 Å². The number of anilines is 2. The van der Waals surface area contributed by atoms with Crippen molar-refractivity contribution < 1.29 is 31.4 Å². The Bertz CT molecular complexity index is 835. The minimum absolute atomic E-state index is 0.0212. The summed E-state index contributed by atoms with van der Waals surface area (Å²) in [5.74, 6) is 0.104. The van der Waals surface area contributed by atoms with E-state index in [1.807, 2.05) is 0 Å². The van der Waals surface area contributed by atoms with E-state index < -0.39 is 23.5 Å². The summed E-state index contributed by atoms with van der Waals surface area (Å²) in [5, 5.41) is 9.45. The Kier molecular flexibility index (Phi) is 5.13. The fourth-order valence-corrected chi connectivity index (χ4v) is 3.15. The molecule has 152 valence electrons. The zero-order valence-electron chi connectivity index (χ0n) is 14.3. The van der Waals surface area contributed by atoms with Crippen molar-refractivity contribution in [3.05, 3.63) is 35.5 Å². The van der Waals surface area contributed by atoms with Crippen LogP contribution in [0.25, 0.3) is 11.3 Å². The van der Waals surface area contributed by atoms with Gasteiger partial charge in [-0.15, -0.1) is 0 Å². The highest BCUT2D eigenvalue weighted by Gasteiger charge is 2.37. The van der Waals surface area contributed by atoms with Gasteiger partial charge < -0.3 is 15.7 Å². The molecule has 0 unspecified atom stereocenters. The van der Waals surface area contributed by atoms with Gasteiger partial charge in [-0.25, -0.2) is 9.97 Å². The van der Waals surface area contributed by atoms with Crippen LogP contribution in [0.3, 0.4) is 0 Å². The van der Waals surface area contributed by atoms with Crippen LogP contribution in [0.4, 0.5) is 38.0 Å². The molecule has 1 saturated heterocycles. The minimum atomic E-state index is -4.96. The van der Waals surface area contributed by atoms with Crippen molar-refractivity contribution in [1.82, 2.24) is 9.97 Å². The Balaban J connectivity index is 2.12. The predicted octanol–water partition coefficient (Wildman–Crippen LogP) is 3.72. The molecular formula is C17H16F6N4O. The predicted molar refractivity (Wildman–Crippen MR) is 89.3 cm³/mol. The Hall–Kier alpha value is -2.56. The van der Waals surface area contributed by atoms with Gasteiger partial charge in [0, 0.05) is 12.1 Å². The van der Waals surface area contributed by atoms with Crippen molar-refractivity contribution in [2.75, 3.05) is 23.8 Å². The Labute approximate surface area is 155 Å². The number of rotatable bonds is 3. The molecule has 0 amide bonds. The molecule has 0 radical (unpaired) electrons. The van der Waals surface area contributed by atoms with Gasteiger partial charge in [-0.1, -0.05) is 0 Å². The van der Waals surface area contributed by atoms with Crippen molar-refractivity contribution in [2.45, 2.75) is 31.2 Å². The molecule has 3 rings (SSSR count). The summed E-state index contributed by atoms with van der Waals surface area (Å²) >= 11 is 0. The van der Waals surface area contributed by atoms with E-state index in [1.54, 1.807) is 4.90 Å². The summed E-state index contributed by atoms with van der Waals surface area (Å²) < 4.78 is 78.5. The first kappa shape index (κ1) is 20.2. The number of hydrogen-bond acceptors (Lipinski definition) is 5. The standard InChI is InChI=1S/C17H16F6N4O/c18-16(19,20)10-4-9(5-11(6-10)17(21,22)23)13-7-25-14(24)15(26-13)27-3-1-2-12(27)8-28/h4-7,12,28H,1-3,8H2,(H2,24,25)/t12-/m1/s1. The van der Waals surface area contributed by atoms with Crippen LogP contribution in [0.5, 0.6) is 0 Å². The van der Waals surface area contributed by atoms with Gasteiger partial charge in [-0.2, -0.15) is 26.3 Å². The fourth-order valence-electron chi connectivity index (χ4n) is 3.15. The molecule has 1 atom stereocenters. The van der Waals surface area contributed by atoms with Gasteiger partial charge in [0.2, 0.25) is 0 Å². The van der Waals surface area contributed by atoms with Crippen LogP contribution in [-0.4, -0.2) is 34.3 Å². The molecular weight excluding hydrogens is 390 g/mol. The lowest BCUT2D eigenvalue weighted by Gasteiger charge is -2.25. The Morgan fingerprint density at radius 2 is 1.68 bits per heavy atom. The van der Waals surface area contributed by atoms with Crippen LogP contribution in [-0.2, 0) is 12.4 Å². The number of nitrogens with two attached hydrogens (primary N) is 1. The molecule has 5 nitrogen and oxygen atoms in total. The number of aromatic nitrogens is 2. The third-order valence-corrected chi connectivity index (χ3v) is 4.52. The van der Waals surface area contributed by atoms with Crippen LogP contribution in [0.1, 0.15) is 24.0 Å². The maximum atomic E-state index is 13.1. The molecule has 0 spiro atoms. The van der Waals surface area contributed by atoms with Crippen LogP contribution >= 0.6 is 0 Å². The third-order valence-electron chi connectivity index (χ3n) is 4.52. The second-order valence-corrected chi connectivity index (χ2v) is 6.43. The van der Waals surface area contributed by atoms with E-state index in [0.717, 1.165) is 12.6 Å². The van der Waals surface area contributed by atoms with E-state index in [2.05, 4.69) is 9.97 Å². The summed E-state index contributed by atoms with van der Waals surface area (Å²) in [4.78, 5) is 9.70. The number of aliphatic hydroxyl groups excluding tert-OH is 1. The molecule has 28 heavy (non-hydrogen) atoms. The number of nitrogens with zero attached hydrogens (tertiary/aromatic N) is 3. The van der Waals surface area contributed by atoms with E-state index >= 15 is 0 Å². The smallest absolute Gasteiger partial charge is 0.394 e. The zero-order valence-corrected chi connectivity index (χ0v) is 14.3. The number of aliphatic hydroxyl groups is 1. The molecule has 1 aliphatic rings. The van der Waals surface area contributed by atoms with Gasteiger partial charge in [0.05, 0.1) is 35.7 Å². The molecule has 11 heteroatoms. The summed E-state index contributed by atoms with van der Waals surface area (Å²) in [6.07, 6.45) is -7.51. The van der Waals surface area contributed by atoms with E-state index in [1.165, 1.54) is 0 Å². The molecule has 1 aromatic carbocycles. The number of nitrogen functional groups attached to an aromatic ring is 1. The highest BCUT2D eigenvalue weighted by Crippen LogP contribution is 2.39. The lowest BCUT2D eigenvalue weighted by Crippen LogP contribution is -2.33. The van der Waals surface area contributed by atoms with Gasteiger partial charge in [-0.3, -0.25) is 0 Å². The summed E-state index contributed by atoms with van der Waals surface area (Å²) in [6, 6.07) is 0.940. The number of halogens is 6. The monoisotopic (exact) mass is 406 g/mol. The lowest BCUT2D eigenvalue weighted by atomic mass is 10.0. The number of hydrogen-bond donors (Lipinski definition) is 2. The molecule has 0 saturated carbocycles. The first-order valence-electron chi connectivity index (χ1n) is 8.30. The maximum absolute atomic E-state index is 13.1. The fraction of sp³-hybridized carbons (Fsp3) is 0.412. The number of benzene rings is 1. The second kappa shape index (κ2) is 7.12. The van der Waals surface area contributed by atoms with E-state index in [0.29, 0.717) is 25.1 Å². The molecule has 0 aliphatic carbocycles. The SMILES string of the molecule is Nc1ncc(-c2cc(C(F)(F)F)cc(C(F)(F)F)c2)nc1N1CCC[C@@H]1CO. The summed E-state index contributed by atoms with van der Waals surface area (Å²) in [5.41, 5.74) is 2.37. The Morgan fingerprint density at radius 1 is 1.07 bits per heavy atom. The van der Waals surface area contributed by atoms with E-state index in [9.17, 15) is 31.4 Å². The Morgan fingerprint density at radius 3 is 2.21 bits per heavy atom. The summed E-state index contributed by atoms with van der Waals surface area (Å²) in [7, 11) is 0. The molecule has 1 aromatic heterocycles. The molecule has 0 bridgehead atoms. The molecule has 2 heterocycles. The average molecular weight is 406 g/mol. The molecule has 1 fully saturated rings. The van der Waals surface area contributed by atoms with Gasteiger partial charge >= 0.3 is 12.4 Å². The largest absolute Gasteiger partial charge is 0.416 e. The number of alkyl halides is 6. The topological polar surface area (TPSA) is 75.3 Å². The maximum Gasteiger partial charge on any atom is 0.416 e. The average Bonchev–Trinajstić information content (AvgIpc) is 3.08. The zero-order chi connectivity index (χ0) is 20.7. The van der Waals surface area contributed by atoms with Gasteiger partial charge in [0.15, 0.2) is 11.6 Å². The van der Waals surface area contributed by atoms with Crippen LogP contribution in [0.2, 0.25) is 0 Å². The van der Waals surface area contributed by atoms with Crippen molar-refractivity contribution in [1.29, 1.82) is 0 Å². The summed E-state index contributed by atoms with van der Waals surface area (Å²) in [6.45, 7) is 0.303. The van der Waals surface area contributed by atoms with Crippen molar-refractivity contribution in [3.63, 3.8) is 0 Å². The van der Waals surface area contributed by atoms with Gasteiger partial charge in [-0.05, 0) is 31.0 Å². The van der Waals surface area contributed by atoms with Crippen molar-refractivity contribution in [3.8, 4) is 11.3 Å². The quantitative estimate of drug-likeness (QED) is 0.760. The van der Waals surface area contributed by atoms with Crippen LogP contribution in [0, 0.1) is 0 Å². The second-order valence-electron chi connectivity index (χ2n) is 6.43. The van der Waals surface area contributed by atoms with E-state index in [-0.39, 0.29) is 41.6 Å². The molecule has 1 aliphatic heterocycles. The van der Waals surface area contributed by atoms with Crippen molar-refractivity contribution >= 4 is 11.6 Å². The highest BCUT2D eigenvalue weighted by atomic mass is 19.4. The first-order valence-corrected chi connectivity index (χ1v) is 8.30. The van der Waals surface area contributed by atoms with Gasteiger partial charge in [0.1, 0.15) is 0 Å².